The molecule has 0 aliphatic rings. The number of hydrogen-bond acceptors (Lipinski definition) is 2. The Morgan fingerprint density at radius 1 is 1.00 bits per heavy atom. The van der Waals surface area contributed by atoms with Crippen molar-refractivity contribution in [3.8, 4) is 0 Å². The number of nitrogens with one attached hydrogen (secondary N) is 1. The minimum absolute atomic E-state index is 0.653. The topological polar surface area (TPSA) is 24.5 Å². The van der Waals surface area contributed by atoms with Gasteiger partial charge in [-0.15, -0.1) is 0 Å². The van der Waals surface area contributed by atoms with Crippen molar-refractivity contribution in [2.45, 2.75) is 13.1 Å². The van der Waals surface area contributed by atoms with Gasteiger partial charge >= 0.3 is 0 Å². The molecule has 116 valence electrons. The normalized spacial score (nSPS) is 10.2. The monoisotopic (exact) mass is 314 g/mol. The molecule has 4 heteroatoms. The lowest BCUT2D eigenvalue weighted by molar-refractivity contribution is 0.174. The van der Waals surface area contributed by atoms with E-state index in [9.17, 15) is 0 Å². The van der Waals surface area contributed by atoms with Gasteiger partial charge in [-0.05, 0) is 23.3 Å². The van der Waals surface area contributed by atoms with Crippen LogP contribution >= 0.6 is 12.2 Å². The van der Waals surface area contributed by atoms with Crippen LogP contribution < -0.4 is 5.32 Å². The Morgan fingerprint density at radius 3 is 2.18 bits per heavy atom. The number of methoxy groups -OCH3 is 1. The molecular weight excluding hydrogens is 292 g/mol. The van der Waals surface area contributed by atoms with Gasteiger partial charge in [0.15, 0.2) is 5.11 Å². The average molecular weight is 314 g/mol. The zero-order chi connectivity index (χ0) is 15.6. The summed E-state index contributed by atoms with van der Waals surface area (Å²) in [6, 6.07) is 20.6. The van der Waals surface area contributed by atoms with Crippen LogP contribution in [0.1, 0.15) is 11.1 Å². The lowest BCUT2D eigenvalue weighted by Crippen LogP contribution is -2.40. The van der Waals surface area contributed by atoms with E-state index in [1.165, 1.54) is 11.1 Å². The largest absolute Gasteiger partial charge is 0.383 e. The highest BCUT2D eigenvalue weighted by Crippen LogP contribution is 2.06. The van der Waals surface area contributed by atoms with Gasteiger partial charge in [-0.3, -0.25) is 0 Å². The molecule has 0 saturated carbocycles. The number of rotatable bonds is 7. The van der Waals surface area contributed by atoms with E-state index in [1.54, 1.807) is 7.11 Å². The molecule has 0 bridgehead atoms. The summed E-state index contributed by atoms with van der Waals surface area (Å²) in [5, 5.41) is 4.08. The Hall–Kier alpha value is -1.91. The summed E-state index contributed by atoms with van der Waals surface area (Å²) in [4.78, 5) is 2.14. The lowest BCUT2D eigenvalue weighted by atomic mass is 10.2. The van der Waals surface area contributed by atoms with Gasteiger partial charge in [-0.25, -0.2) is 0 Å². The predicted molar refractivity (Wildman–Crippen MR) is 94.6 cm³/mol. The maximum Gasteiger partial charge on any atom is 0.169 e. The van der Waals surface area contributed by atoms with Crippen molar-refractivity contribution in [1.82, 2.24) is 10.2 Å². The minimum Gasteiger partial charge on any atom is -0.383 e. The molecule has 2 aromatic carbocycles. The van der Waals surface area contributed by atoms with Crippen LogP contribution in [0.15, 0.2) is 60.7 Å². The first kappa shape index (κ1) is 16.5. The molecule has 22 heavy (non-hydrogen) atoms. The van der Waals surface area contributed by atoms with Crippen LogP contribution in [-0.2, 0) is 17.8 Å². The average Bonchev–Trinajstić information content (AvgIpc) is 2.58. The molecule has 0 aromatic heterocycles. The van der Waals surface area contributed by atoms with Crippen molar-refractivity contribution < 1.29 is 4.74 Å². The molecule has 0 heterocycles. The summed E-state index contributed by atoms with van der Waals surface area (Å²) in [5.74, 6) is 0. The highest BCUT2D eigenvalue weighted by molar-refractivity contribution is 7.80. The molecule has 3 nitrogen and oxygen atoms in total. The summed E-state index contributed by atoms with van der Waals surface area (Å²) in [6.07, 6.45) is 0. The summed E-state index contributed by atoms with van der Waals surface area (Å²) in [6.45, 7) is 2.94. The third-order valence-corrected chi connectivity index (χ3v) is 3.76. The third kappa shape index (κ3) is 5.47. The second-order valence-corrected chi connectivity index (χ2v) is 5.43. The molecule has 1 N–H and O–H groups in total. The van der Waals surface area contributed by atoms with Gasteiger partial charge < -0.3 is 15.0 Å². The molecule has 2 aromatic rings. The van der Waals surface area contributed by atoms with Gasteiger partial charge in [0, 0.05) is 26.7 Å². The Balaban J connectivity index is 1.93. The van der Waals surface area contributed by atoms with Crippen LogP contribution in [-0.4, -0.2) is 30.3 Å². The minimum atomic E-state index is 0.653. The van der Waals surface area contributed by atoms with Crippen molar-refractivity contribution in [3.63, 3.8) is 0 Å². The molecular formula is C18H22N2OS. The number of nitrogens with zero attached hydrogens (tertiary/aromatic N) is 1. The summed E-state index contributed by atoms with van der Waals surface area (Å²) >= 11 is 5.55. The van der Waals surface area contributed by atoms with E-state index >= 15 is 0 Å². The highest BCUT2D eigenvalue weighted by Gasteiger charge is 2.10. The van der Waals surface area contributed by atoms with Crippen LogP contribution in [0, 0.1) is 0 Å². The first-order valence-electron chi connectivity index (χ1n) is 7.39. The van der Waals surface area contributed by atoms with E-state index in [1.807, 2.05) is 36.4 Å². The van der Waals surface area contributed by atoms with Gasteiger partial charge in [0.1, 0.15) is 0 Å². The smallest absolute Gasteiger partial charge is 0.169 e. The van der Waals surface area contributed by atoms with Crippen molar-refractivity contribution >= 4 is 17.3 Å². The number of hydrogen-bond donors (Lipinski definition) is 1. The molecule has 0 atom stereocenters. The van der Waals surface area contributed by atoms with Crippen LogP contribution in [0.2, 0.25) is 0 Å². The van der Waals surface area contributed by atoms with E-state index in [-0.39, 0.29) is 0 Å². The second-order valence-electron chi connectivity index (χ2n) is 5.04. The summed E-state index contributed by atoms with van der Waals surface area (Å²) in [7, 11) is 1.71. The van der Waals surface area contributed by atoms with Gasteiger partial charge in [-0.2, -0.15) is 0 Å². The Morgan fingerprint density at radius 2 is 1.59 bits per heavy atom. The maximum absolute atomic E-state index is 5.55. The fraction of sp³-hybridized carbons (Fsp3) is 0.278. The van der Waals surface area contributed by atoms with Gasteiger partial charge in [-0.1, -0.05) is 60.7 Å². The lowest BCUT2D eigenvalue weighted by Gasteiger charge is -2.26. The zero-order valence-corrected chi connectivity index (χ0v) is 13.7. The molecule has 0 fully saturated rings. The van der Waals surface area contributed by atoms with Crippen LogP contribution in [0.5, 0.6) is 0 Å². The number of benzene rings is 2. The SMILES string of the molecule is COCCN(Cc1ccccc1)C(=S)NCc1ccccc1. The fourth-order valence-corrected chi connectivity index (χ4v) is 2.37. The highest BCUT2D eigenvalue weighted by atomic mass is 32.1. The van der Waals surface area contributed by atoms with E-state index in [4.69, 9.17) is 17.0 Å². The first-order chi connectivity index (χ1) is 10.8. The fourth-order valence-electron chi connectivity index (χ4n) is 2.14. The third-order valence-electron chi connectivity index (χ3n) is 3.36. The van der Waals surface area contributed by atoms with Gasteiger partial charge in [0.25, 0.3) is 0 Å². The Labute approximate surface area is 137 Å². The standard InChI is InChI=1S/C18H22N2OS/c1-21-13-12-20(15-17-10-6-3-7-11-17)18(22)19-14-16-8-4-2-5-9-16/h2-11H,12-15H2,1H3,(H,19,22). The van der Waals surface area contributed by atoms with Crippen LogP contribution in [0.4, 0.5) is 0 Å². The number of thiocarbonyl (C=S) groups is 1. The van der Waals surface area contributed by atoms with Crippen molar-refractivity contribution in [1.29, 1.82) is 0 Å². The van der Waals surface area contributed by atoms with E-state index in [2.05, 4.69) is 34.5 Å². The summed E-state index contributed by atoms with van der Waals surface area (Å²) in [5.41, 5.74) is 2.46. The molecule has 0 aliphatic heterocycles. The Bertz CT molecular complexity index is 560. The van der Waals surface area contributed by atoms with Crippen molar-refractivity contribution in [2.75, 3.05) is 20.3 Å². The van der Waals surface area contributed by atoms with Crippen LogP contribution in [0.25, 0.3) is 0 Å². The number of ether oxygens (including phenoxy) is 1. The predicted octanol–water partition coefficient (Wildman–Crippen LogP) is 3.21. The van der Waals surface area contributed by atoms with Crippen LogP contribution in [0.3, 0.4) is 0 Å². The molecule has 0 saturated heterocycles. The quantitative estimate of drug-likeness (QED) is 0.793. The van der Waals surface area contributed by atoms with Crippen molar-refractivity contribution in [2.24, 2.45) is 0 Å². The van der Waals surface area contributed by atoms with E-state index in [0.29, 0.717) is 6.61 Å². The van der Waals surface area contributed by atoms with Gasteiger partial charge in [0.05, 0.1) is 6.61 Å². The van der Waals surface area contributed by atoms with E-state index < -0.39 is 0 Å². The second kappa shape index (κ2) is 9.18. The van der Waals surface area contributed by atoms with Crippen molar-refractivity contribution in [3.05, 3.63) is 71.8 Å². The molecule has 0 radical (unpaired) electrons. The first-order valence-corrected chi connectivity index (χ1v) is 7.80. The maximum atomic E-state index is 5.55. The summed E-state index contributed by atoms with van der Waals surface area (Å²) < 4.78 is 5.19. The Kier molecular flexibility index (Phi) is 6.87. The van der Waals surface area contributed by atoms with Gasteiger partial charge in [0.2, 0.25) is 0 Å². The molecule has 0 unspecified atom stereocenters. The molecule has 2 rings (SSSR count). The molecule has 0 amide bonds. The van der Waals surface area contributed by atoms with E-state index in [0.717, 1.165) is 24.7 Å². The zero-order valence-electron chi connectivity index (χ0n) is 12.9. The molecule has 0 aliphatic carbocycles. The molecule has 0 spiro atoms.